The molecule has 1 N–H and O–H groups in total. The van der Waals surface area contributed by atoms with Crippen LogP contribution in [-0.2, 0) is 0 Å². The van der Waals surface area contributed by atoms with E-state index in [-0.39, 0.29) is 0 Å². The molecule has 0 saturated carbocycles. The molecule has 0 bridgehead atoms. The van der Waals surface area contributed by atoms with E-state index in [4.69, 9.17) is 4.42 Å². The van der Waals surface area contributed by atoms with Crippen molar-refractivity contribution in [2.24, 2.45) is 5.92 Å². The van der Waals surface area contributed by atoms with Crippen molar-refractivity contribution < 1.29 is 4.42 Å². The molecule has 1 aromatic rings. The van der Waals surface area contributed by atoms with Crippen molar-refractivity contribution in [3.05, 3.63) is 24.2 Å². The third-order valence-corrected chi connectivity index (χ3v) is 2.43. The average molecular weight is 167 g/mol. The number of hydrogen-bond donors (Lipinski definition) is 1. The quantitative estimate of drug-likeness (QED) is 0.745. The van der Waals surface area contributed by atoms with Crippen molar-refractivity contribution in [1.29, 1.82) is 0 Å². The van der Waals surface area contributed by atoms with Gasteiger partial charge in [-0.3, -0.25) is 0 Å². The minimum atomic E-state index is 0.425. The van der Waals surface area contributed by atoms with E-state index in [1.54, 1.807) is 6.26 Å². The molecule has 2 nitrogen and oxygen atoms in total. The van der Waals surface area contributed by atoms with E-state index in [1.807, 2.05) is 19.4 Å². The van der Waals surface area contributed by atoms with Gasteiger partial charge in [-0.1, -0.05) is 20.3 Å². The molecular weight excluding hydrogens is 150 g/mol. The number of nitrogens with one attached hydrogen (secondary N) is 1. The van der Waals surface area contributed by atoms with E-state index in [2.05, 4.69) is 19.2 Å². The highest BCUT2D eigenvalue weighted by molar-refractivity contribution is 5.12. The van der Waals surface area contributed by atoms with Crippen LogP contribution >= 0.6 is 0 Å². The molecule has 1 aromatic heterocycles. The van der Waals surface area contributed by atoms with Crippen LogP contribution in [0.15, 0.2) is 23.0 Å². The molecule has 2 atom stereocenters. The van der Waals surface area contributed by atoms with Crippen LogP contribution in [0.2, 0.25) is 0 Å². The zero-order valence-electron chi connectivity index (χ0n) is 8.00. The van der Waals surface area contributed by atoms with Crippen molar-refractivity contribution >= 4 is 0 Å². The average Bonchev–Trinajstić information content (AvgIpc) is 2.58. The summed E-state index contributed by atoms with van der Waals surface area (Å²) in [4.78, 5) is 0. The fourth-order valence-corrected chi connectivity index (χ4v) is 1.47. The summed E-state index contributed by atoms with van der Waals surface area (Å²) in [7, 11) is 1.99. The van der Waals surface area contributed by atoms with Gasteiger partial charge in [0, 0.05) is 11.6 Å². The minimum Gasteiger partial charge on any atom is -0.472 e. The van der Waals surface area contributed by atoms with Crippen LogP contribution in [0.5, 0.6) is 0 Å². The summed E-state index contributed by atoms with van der Waals surface area (Å²) in [6.07, 6.45) is 4.71. The maximum Gasteiger partial charge on any atom is 0.0950 e. The standard InChI is InChI=1S/C10H17NO/c1-4-8(2)10(11-3)9-5-6-12-7-9/h5-8,10-11H,4H2,1-3H3. The van der Waals surface area contributed by atoms with Crippen LogP contribution in [0.1, 0.15) is 31.9 Å². The molecule has 0 aliphatic heterocycles. The third kappa shape index (κ3) is 1.89. The first kappa shape index (κ1) is 9.33. The molecule has 0 aliphatic rings. The topological polar surface area (TPSA) is 25.2 Å². The molecule has 2 heteroatoms. The maximum absolute atomic E-state index is 5.05. The Morgan fingerprint density at radius 1 is 1.58 bits per heavy atom. The molecule has 0 amide bonds. The fraction of sp³-hybridized carbons (Fsp3) is 0.600. The van der Waals surface area contributed by atoms with E-state index in [0.717, 1.165) is 0 Å². The third-order valence-electron chi connectivity index (χ3n) is 2.43. The van der Waals surface area contributed by atoms with Crippen LogP contribution in [0.4, 0.5) is 0 Å². The van der Waals surface area contributed by atoms with Gasteiger partial charge >= 0.3 is 0 Å². The molecule has 0 aliphatic carbocycles. The monoisotopic (exact) mass is 167 g/mol. The predicted octanol–water partition coefficient (Wildman–Crippen LogP) is 2.59. The summed E-state index contributed by atoms with van der Waals surface area (Å²) in [6.45, 7) is 4.45. The Balaban J connectivity index is 2.69. The van der Waals surface area contributed by atoms with Crippen LogP contribution in [0, 0.1) is 5.92 Å². The van der Waals surface area contributed by atoms with Gasteiger partial charge in [0.1, 0.15) is 0 Å². The Kier molecular flexibility index (Phi) is 3.35. The lowest BCUT2D eigenvalue weighted by atomic mass is 9.95. The highest BCUT2D eigenvalue weighted by Gasteiger charge is 2.16. The Bertz CT molecular complexity index is 206. The van der Waals surface area contributed by atoms with Gasteiger partial charge in [0.2, 0.25) is 0 Å². The molecule has 1 heterocycles. The van der Waals surface area contributed by atoms with Crippen molar-refractivity contribution in [3.63, 3.8) is 0 Å². The Hall–Kier alpha value is -0.760. The van der Waals surface area contributed by atoms with E-state index in [1.165, 1.54) is 12.0 Å². The second-order valence-corrected chi connectivity index (χ2v) is 3.21. The SMILES string of the molecule is CCC(C)C(NC)c1ccoc1. The first-order valence-corrected chi connectivity index (χ1v) is 4.49. The van der Waals surface area contributed by atoms with E-state index >= 15 is 0 Å². The predicted molar refractivity (Wildman–Crippen MR) is 50.0 cm³/mol. The van der Waals surface area contributed by atoms with Crippen LogP contribution in [0.3, 0.4) is 0 Å². The molecule has 0 spiro atoms. The first-order chi connectivity index (χ1) is 5.79. The number of rotatable bonds is 4. The maximum atomic E-state index is 5.05. The van der Waals surface area contributed by atoms with Gasteiger partial charge in [0.25, 0.3) is 0 Å². The summed E-state index contributed by atoms with van der Waals surface area (Å²) >= 11 is 0. The Morgan fingerprint density at radius 2 is 2.33 bits per heavy atom. The lowest BCUT2D eigenvalue weighted by Crippen LogP contribution is -2.22. The minimum absolute atomic E-state index is 0.425. The lowest BCUT2D eigenvalue weighted by Gasteiger charge is -2.20. The molecule has 0 aromatic carbocycles. The van der Waals surface area contributed by atoms with Crippen molar-refractivity contribution in [1.82, 2.24) is 5.32 Å². The second-order valence-electron chi connectivity index (χ2n) is 3.21. The summed E-state index contributed by atoms with van der Waals surface area (Å²) in [6, 6.07) is 2.45. The highest BCUT2D eigenvalue weighted by Crippen LogP contribution is 2.23. The molecule has 12 heavy (non-hydrogen) atoms. The zero-order chi connectivity index (χ0) is 8.97. The van der Waals surface area contributed by atoms with Crippen LogP contribution in [-0.4, -0.2) is 7.05 Å². The highest BCUT2D eigenvalue weighted by atomic mass is 16.3. The molecule has 0 radical (unpaired) electrons. The van der Waals surface area contributed by atoms with Gasteiger partial charge in [-0.15, -0.1) is 0 Å². The van der Waals surface area contributed by atoms with Gasteiger partial charge in [-0.25, -0.2) is 0 Å². The Morgan fingerprint density at radius 3 is 2.75 bits per heavy atom. The fourth-order valence-electron chi connectivity index (χ4n) is 1.47. The molecular formula is C10H17NO. The van der Waals surface area contributed by atoms with E-state index in [9.17, 15) is 0 Å². The molecule has 1 rings (SSSR count). The van der Waals surface area contributed by atoms with E-state index in [0.29, 0.717) is 12.0 Å². The molecule has 68 valence electrons. The summed E-state index contributed by atoms with van der Waals surface area (Å²) in [5.74, 6) is 0.646. The molecule has 0 saturated heterocycles. The normalized spacial score (nSPS) is 15.9. The number of furan rings is 1. The first-order valence-electron chi connectivity index (χ1n) is 4.49. The smallest absolute Gasteiger partial charge is 0.0950 e. The molecule has 0 fully saturated rings. The summed E-state index contributed by atoms with van der Waals surface area (Å²) in [5, 5.41) is 3.30. The van der Waals surface area contributed by atoms with Crippen molar-refractivity contribution in [3.8, 4) is 0 Å². The Labute approximate surface area is 74.0 Å². The van der Waals surface area contributed by atoms with E-state index < -0.39 is 0 Å². The summed E-state index contributed by atoms with van der Waals surface area (Å²) < 4.78 is 5.05. The van der Waals surface area contributed by atoms with Gasteiger partial charge in [0.05, 0.1) is 12.5 Å². The molecule has 2 unspecified atom stereocenters. The zero-order valence-corrected chi connectivity index (χ0v) is 8.00. The van der Waals surface area contributed by atoms with Gasteiger partial charge < -0.3 is 9.73 Å². The number of hydrogen-bond acceptors (Lipinski definition) is 2. The van der Waals surface area contributed by atoms with Gasteiger partial charge in [-0.2, -0.15) is 0 Å². The summed E-state index contributed by atoms with van der Waals surface area (Å²) in [5.41, 5.74) is 1.24. The largest absolute Gasteiger partial charge is 0.472 e. The second kappa shape index (κ2) is 4.31. The van der Waals surface area contributed by atoms with Crippen LogP contribution in [0.25, 0.3) is 0 Å². The van der Waals surface area contributed by atoms with Gasteiger partial charge in [0.15, 0.2) is 0 Å². The van der Waals surface area contributed by atoms with Crippen molar-refractivity contribution in [2.75, 3.05) is 7.05 Å². The van der Waals surface area contributed by atoms with Gasteiger partial charge in [-0.05, 0) is 19.0 Å². The van der Waals surface area contributed by atoms with Crippen LogP contribution < -0.4 is 5.32 Å². The lowest BCUT2D eigenvalue weighted by molar-refractivity contribution is 0.397. The van der Waals surface area contributed by atoms with Crippen molar-refractivity contribution in [2.45, 2.75) is 26.3 Å².